The molecule has 4 heteroatoms. The van der Waals surface area contributed by atoms with Gasteiger partial charge in [0.1, 0.15) is 0 Å². The number of hydrogen-bond donors (Lipinski definition) is 1. The third-order valence-electron chi connectivity index (χ3n) is 4.40. The highest BCUT2D eigenvalue weighted by molar-refractivity contribution is 5.94. The maximum atomic E-state index is 12.3. The van der Waals surface area contributed by atoms with Crippen molar-refractivity contribution in [1.29, 1.82) is 5.26 Å². The number of carbonyl (C=O) groups excluding carboxylic acids is 1. The zero-order valence-corrected chi connectivity index (χ0v) is 13.7. The van der Waals surface area contributed by atoms with Gasteiger partial charge in [-0.15, -0.1) is 0 Å². The minimum atomic E-state index is -0.150. The van der Waals surface area contributed by atoms with Gasteiger partial charge >= 0.3 is 0 Å². The van der Waals surface area contributed by atoms with E-state index in [0.29, 0.717) is 17.7 Å². The number of amides is 1. The highest BCUT2D eigenvalue weighted by atomic mass is 16.1. The van der Waals surface area contributed by atoms with E-state index >= 15 is 0 Å². The number of carbonyl (C=O) groups is 1. The Balaban J connectivity index is 1.65. The molecule has 1 heterocycles. The molecule has 0 aliphatic carbocycles. The molecule has 4 nitrogen and oxygen atoms in total. The minimum absolute atomic E-state index is 0.150. The molecular formula is C20H21N3O. The molecule has 0 saturated carbocycles. The maximum absolute atomic E-state index is 12.3. The zero-order chi connectivity index (χ0) is 16.8. The largest absolute Gasteiger partial charge is 0.348 e. The highest BCUT2D eigenvalue weighted by Gasteiger charge is 2.14. The third kappa shape index (κ3) is 4.01. The first-order valence-electron chi connectivity index (χ1n) is 8.34. The van der Waals surface area contributed by atoms with Crippen molar-refractivity contribution in [2.45, 2.75) is 25.9 Å². The molecule has 1 aliphatic heterocycles. The van der Waals surface area contributed by atoms with Crippen molar-refractivity contribution in [1.82, 2.24) is 10.2 Å². The Labute approximate surface area is 142 Å². The summed E-state index contributed by atoms with van der Waals surface area (Å²) < 4.78 is 0. The molecule has 0 bridgehead atoms. The predicted octanol–water partition coefficient (Wildman–Crippen LogP) is 3.08. The van der Waals surface area contributed by atoms with E-state index in [1.165, 1.54) is 18.4 Å². The Morgan fingerprint density at radius 3 is 2.58 bits per heavy atom. The van der Waals surface area contributed by atoms with Crippen molar-refractivity contribution < 1.29 is 4.79 Å². The van der Waals surface area contributed by atoms with E-state index in [2.05, 4.69) is 28.4 Å². The lowest BCUT2D eigenvalue weighted by Crippen LogP contribution is -2.25. The summed E-state index contributed by atoms with van der Waals surface area (Å²) in [6.07, 6.45) is 2.54. The number of nitriles is 1. The van der Waals surface area contributed by atoms with Crippen LogP contribution in [0.5, 0.6) is 0 Å². The quantitative estimate of drug-likeness (QED) is 0.921. The van der Waals surface area contributed by atoms with Crippen LogP contribution in [0.3, 0.4) is 0 Å². The predicted molar refractivity (Wildman–Crippen MR) is 93.3 cm³/mol. The number of likely N-dealkylation sites (tertiary alicyclic amines) is 1. The number of rotatable bonds is 5. The topological polar surface area (TPSA) is 56.1 Å². The standard InChI is InChI=1S/C20H21N3O/c21-13-16-6-5-9-17(12-16)20(24)22-14-18-7-1-2-8-19(18)15-23-10-3-4-11-23/h1-2,5-9,12H,3-4,10-11,14-15H2,(H,22,24). The van der Waals surface area contributed by atoms with Gasteiger partial charge in [0.25, 0.3) is 5.91 Å². The minimum Gasteiger partial charge on any atom is -0.348 e. The highest BCUT2D eigenvalue weighted by Crippen LogP contribution is 2.16. The van der Waals surface area contributed by atoms with E-state index in [1.54, 1.807) is 24.3 Å². The second-order valence-electron chi connectivity index (χ2n) is 6.13. The summed E-state index contributed by atoms with van der Waals surface area (Å²) in [5.41, 5.74) is 3.43. The summed E-state index contributed by atoms with van der Waals surface area (Å²) in [7, 11) is 0. The van der Waals surface area contributed by atoms with E-state index in [-0.39, 0.29) is 5.91 Å². The van der Waals surface area contributed by atoms with Crippen molar-refractivity contribution in [2.24, 2.45) is 0 Å². The number of nitrogens with one attached hydrogen (secondary N) is 1. The first-order chi connectivity index (χ1) is 11.8. The fraction of sp³-hybridized carbons (Fsp3) is 0.300. The van der Waals surface area contributed by atoms with Gasteiger partial charge in [0.05, 0.1) is 11.6 Å². The average Bonchev–Trinajstić information content (AvgIpc) is 3.14. The Kier molecular flexibility index (Phi) is 5.25. The first-order valence-corrected chi connectivity index (χ1v) is 8.34. The summed E-state index contributed by atoms with van der Waals surface area (Å²) in [6.45, 7) is 3.75. The van der Waals surface area contributed by atoms with Crippen LogP contribution in [-0.2, 0) is 13.1 Å². The van der Waals surface area contributed by atoms with Crippen LogP contribution in [0.1, 0.15) is 39.9 Å². The van der Waals surface area contributed by atoms with Crippen molar-refractivity contribution in [3.8, 4) is 6.07 Å². The van der Waals surface area contributed by atoms with Crippen LogP contribution in [0.2, 0.25) is 0 Å². The normalized spacial score (nSPS) is 14.3. The van der Waals surface area contributed by atoms with Gasteiger partial charge in [-0.05, 0) is 55.3 Å². The lowest BCUT2D eigenvalue weighted by molar-refractivity contribution is 0.0950. The van der Waals surface area contributed by atoms with Gasteiger partial charge in [-0.25, -0.2) is 0 Å². The van der Waals surface area contributed by atoms with Gasteiger partial charge in [-0.3, -0.25) is 9.69 Å². The molecule has 2 aromatic carbocycles. The van der Waals surface area contributed by atoms with Crippen LogP contribution >= 0.6 is 0 Å². The number of hydrogen-bond acceptors (Lipinski definition) is 3. The van der Waals surface area contributed by atoms with Gasteiger partial charge in [-0.1, -0.05) is 30.3 Å². The molecule has 1 N–H and O–H groups in total. The van der Waals surface area contributed by atoms with Crippen LogP contribution in [0, 0.1) is 11.3 Å². The van der Waals surface area contributed by atoms with Crippen molar-refractivity contribution in [2.75, 3.05) is 13.1 Å². The average molecular weight is 319 g/mol. The molecule has 1 fully saturated rings. The second kappa shape index (κ2) is 7.76. The van der Waals surface area contributed by atoms with Crippen molar-refractivity contribution >= 4 is 5.91 Å². The lowest BCUT2D eigenvalue weighted by atomic mass is 10.1. The van der Waals surface area contributed by atoms with E-state index in [1.807, 2.05) is 12.1 Å². The monoisotopic (exact) mass is 319 g/mol. The summed E-state index contributed by atoms with van der Waals surface area (Å²) in [5, 5.41) is 11.9. The Morgan fingerprint density at radius 1 is 1.08 bits per heavy atom. The lowest BCUT2D eigenvalue weighted by Gasteiger charge is -2.17. The van der Waals surface area contributed by atoms with E-state index in [4.69, 9.17) is 5.26 Å². The second-order valence-corrected chi connectivity index (χ2v) is 6.13. The fourth-order valence-corrected chi connectivity index (χ4v) is 3.07. The summed E-state index contributed by atoms with van der Waals surface area (Å²) in [6, 6.07) is 17.1. The van der Waals surface area contributed by atoms with E-state index in [0.717, 1.165) is 25.2 Å². The van der Waals surface area contributed by atoms with E-state index in [9.17, 15) is 4.79 Å². The molecule has 122 valence electrons. The Bertz CT molecular complexity index is 757. The van der Waals surface area contributed by atoms with Crippen LogP contribution in [0.4, 0.5) is 0 Å². The SMILES string of the molecule is N#Cc1cccc(C(=O)NCc2ccccc2CN2CCCC2)c1. The van der Waals surface area contributed by atoms with Crippen molar-refractivity contribution in [3.63, 3.8) is 0 Å². The summed E-state index contributed by atoms with van der Waals surface area (Å²) >= 11 is 0. The maximum Gasteiger partial charge on any atom is 0.251 e. The molecule has 1 amide bonds. The molecule has 0 spiro atoms. The van der Waals surface area contributed by atoms with Gasteiger partial charge in [0, 0.05) is 18.7 Å². The summed E-state index contributed by atoms with van der Waals surface area (Å²) in [5.74, 6) is -0.150. The molecule has 0 unspecified atom stereocenters. The molecule has 0 atom stereocenters. The van der Waals surface area contributed by atoms with Gasteiger partial charge in [0.2, 0.25) is 0 Å². The van der Waals surface area contributed by atoms with Crippen LogP contribution in [-0.4, -0.2) is 23.9 Å². The molecule has 2 aromatic rings. The number of benzene rings is 2. The smallest absolute Gasteiger partial charge is 0.251 e. The van der Waals surface area contributed by atoms with Gasteiger partial charge in [0.15, 0.2) is 0 Å². The van der Waals surface area contributed by atoms with Crippen LogP contribution < -0.4 is 5.32 Å². The molecule has 3 rings (SSSR count). The third-order valence-corrected chi connectivity index (χ3v) is 4.40. The molecule has 1 aliphatic rings. The van der Waals surface area contributed by atoms with E-state index < -0.39 is 0 Å². The molecule has 1 saturated heterocycles. The number of nitrogens with zero attached hydrogens (tertiary/aromatic N) is 2. The van der Waals surface area contributed by atoms with Crippen LogP contribution in [0.25, 0.3) is 0 Å². The summed E-state index contributed by atoms with van der Waals surface area (Å²) in [4.78, 5) is 14.8. The zero-order valence-electron chi connectivity index (χ0n) is 13.7. The molecule has 0 radical (unpaired) electrons. The Hall–Kier alpha value is -2.64. The van der Waals surface area contributed by atoms with Crippen LogP contribution in [0.15, 0.2) is 48.5 Å². The van der Waals surface area contributed by atoms with Gasteiger partial charge < -0.3 is 5.32 Å². The molecular weight excluding hydrogens is 298 g/mol. The van der Waals surface area contributed by atoms with Gasteiger partial charge in [-0.2, -0.15) is 5.26 Å². The molecule has 24 heavy (non-hydrogen) atoms. The Morgan fingerprint density at radius 2 is 1.83 bits per heavy atom. The molecule has 0 aromatic heterocycles. The van der Waals surface area contributed by atoms with Crippen molar-refractivity contribution in [3.05, 3.63) is 70.8 Å². The first kappa shape index (κ1) is 16.2. The fourth-order valence-electron chi connectivity index (χ4n) is 3.07.